The van der Waals surface area contributed by atoms with Crippen molar-refractivity contribution >= 4 is 0 Å². The molecule has 0 aliphatic rings. The Morgan fingerprint density at radius 3 is 2.94 bits per heavy atom. The molecule has 0 saturated carbocycles. The summed E-state index contributed by atoms with van der Waals surface area (Å²) < 4.78 is 7.54. The summed E-state index contributed by atoms with van der Waals surface area (Å²) in [5, 5.41) is 3.28. The standard InChI is InChI=1S/C12H18N4O/c1-3-5-16-6-4-14-11(16)8-13-9-12-15-7-10(2)17-12/h4,6-7,13H,3,5,8-9H2,1-2H3. The van der Waals surface area contributed by atoms with Gasteiger partial charge >= 0.3 is 0 Å². The predicted molar refractivity (Wildman–Crippen MR) is 64.3 cm³/mol. The Balaban J connectivity index is 1.83. The molecular weight excluding hydrogens is 216 g/mol. The second-order valence-electron chi connectivity index (χ2n) is 4.01. The van der Waals surface area contributed by atoms with Gasteiger partial charge in [-0.1, -0.05) is 6.92 Å². The van der Waals surface area contributed by atoms with Gasteiger partial charge in [0.05, 0.1) is 19.3 Å². The van der Waals surface area contributed by atoms with Gasteiger partial charge in [0, 0.05) is 18.9 Å². The molecule has 0 saturated heterocycles. The monoisotopic (exact) mass is 234 g/mol. The van der Waals surface area contributed by atoms with Crippen LogP contribution < -0.4 is 5.32 Å². The molecular formula is C12H18N4O. The van der Waals surface area contributed by atoms with Crippen LogP contribution in [-0.2, 0) is 19.6 Å². The molecule has 17 heavy (non-hydrogen) atoms. The minimum Gasteiger partial charge on any atom is -0.445 e. The normalized spacial score (nSPS) is 10.9. The Morgan fingerprint density at radius 1 is 1.35 bits per heavy atom. The van der Waals surface area contributed by atoms with Gasteiger partial charge in [0.25, 0.3) is 0 Å². The molecule has 2 aromatic rings. The Labute approximate surface area is 101 Å². The molecule has 2 heterocycles. The van der Waals surface area contributed by atoms with Crippen molar-refractivity contribution in [3.63, 3.8) is 0 Å². The fourth-order valence-electron chi connectivity index (χ4n) is 1.72. The number of hydrogen-bond acceptors (Lipinski definition) is 4. The molecule has 2 aromatic heterocycles. The summed E-state index contributed by atoms with van der Waals surface area (Å²) in [6.07, 6.45) is 6.69. The van der Waals surface area contributed by atoms with Crippen molar-refractivity contribution in [2.45, 2.75) is 39.9 Å². The first-order valence-corrected chi connectivity index (χ1v) is 5.91. The van der Waals surface area contributed by atoms with Crippen molar-refractivity contribution in [1.82, 2.24) is 19.9 Å². The Morgan fingerprint density at radius 2 is 2.24 bits per heavy atom. The average Bonchev–Trinajstić information content (AvgIpc) is 2.90. The number of imidazole rings is 1. The highest BCUT2D eigenvalue weighted by molar-refractivity contribution is 4.93. The van der Waals surface area contributed by atoms with Crippen molar-refractivity contribution in [2.24, 2.45) is 0 Å². The van der Waals surface area contributed by atoms with Crippen LogP contribution in [-0.4, -0.2) is 14.5 Å². The average molecular weight is 234 g/mol. The molecule has 0 fully saturated rings. The van der Waals surface area contributed by atoms with Crippen molar-refractivity contribution < 1.29 is 4.42 Å². The fraction of sp³-hybridized carbons (Fsp3) is 0.500. The lowest BCUT2D eigenvalue weighted by atomic mass is 10.4. The summed E-state index contributed by atoms with van der Waals surface area (Å²) in [5.41, 5.74) is 0. The van der Waals surface area contributed by atoms with Crippen LogP contribution in [0.1, 0.15) is 30.8 Å². The summed E-state index contributed by atoms with van der Waals surface area (Å²) in [7, 11) is 0. The van der Waals surface area contributed by atoms with Crippen molar-refractivity contribution in [1.29, 1.82) is 0 Å². The van der Waals surface area contributed by atoms with Crippen LogP contribution in [0, 0.1) is 6.92 Å². The zero-order valence-corrected chi connectivity index (χ0v) is 10.3. The molecule has 0 atom stereocenters. The van der Waals surface area contributed by atoms with E-state index in [-0.39, 0.29) is 0 Å². The van der Waals surface area contributed by atoms with E-state index in [1.54, 1.807) is 6.20 Å². The molecule has 0 spiro atoms. The number of hydrogen-bond donors (Lipinski definition) is 1. The summed E-state index contributed by atoms with van der Waals surface area (Å²) in [4.78, 5) is 8.46. The molecule has 0 aliphatic carbocycles. The fourth-order valence-corrected chi connectivity index (χ4v) is 1.72. The number of aryl methyl sites for hydroxylation is 2. The molecule has 5 nitrogen and oxygen atoms in total. The number of nitrogens with one attached hydrogen (secondary N) is 1. The lowest BCUT2D eigenvalue weighted by Crippen LogP contribution is -2.16. The minimum absolute atomic E-state index is 0.632. The number of oxazole rings is 1. The highest BCUT2D eigenvalue weighted by Gasteiger charge is 2.03. The van der Waals surface area contributed by atoms with Crippen LogP contribution in [0.2, 0.25) is 0 Å². The maximum absolute atomic E-state index is 5.38. The van der Waals surface area contributed by atoms with E-state index in [4.69, 9.17) is 4.42 Å². The van der Waals surface area contributed by atoms with Crippen LogP contribution in [0.25, 0.3) is 0 Å². The van der Waals surface area contributed by atoms with Gasteiger partial charge in [0.15, 0.2) is 0 Å². The largest absolute Gasteiger partial charge is 0.445 e. The van der Waals surface area contributed by atoms with Gasteiger partial charge in [0.1, 0.15) is 11.6 Å². The molecule has 0 aliphatic heterocycles. The Kier molecular flexibility index (Phi) is 3.93. The lowest BCUT2D eigenvalue weighted by Gasteiger charge is -2.06. The Hall–Kier alpha value is -1.62. The first-order chi connectivity index (χ1) is 8.29. The van der Waals surface area contributed by atoms with Crippen LogP contribution >= 0.6 is 0 Å². The van der Waals surface area contributed by atoms with Crippen molar-refractivity contribution in [2.75, 3.05) is 0 Å². The molecule has 92 valence electrons. The molecule has 5 heteroatoms. The first kappa shape index (κ1) is 11.9. The second kappa shape index (κ2) is 5.63. The zero-order chi connectivity index (χ0) is 12.1. The summed E-state index contributed by atoms with van der Waals surface area (Å²) in [5.74, 6) is 2.61. The van der Waals surface area contributed by atoms with Gasteiger partial charge in [-0.15, -0.1) is 0 Å². The van der Waals surface area contributed by atoms with E-state index in [0.29, 0.717) is 6.54 Å². The molecule has 0 unspecified atom stereocenters. The van der Waals surface area contributed by atoms with Crippen LogP contribution in [0.5, 0.6) is 0 Å². The molecule has 0 amide bonds. The summed E-state index contributed by atoms with van der Waals surface area (Å²) in [6, 6.07) is 0. The maximum Gasteiger partial charge on any atom is 0.208 e. The topological polar surface area (TPSA) is 55.9 Å². The van der Waals surface area contributed by atoms with E-state index in [9.17, 15) is 0 Å². The quantitative estimate of drug-likeness (QED) is 0.829. The molecule has 0 aromatic carbocycles. The van der Waals surface area contributed by atoms with E-state index >= 15 is 0 Å². The highest BCUT2D eigenvalue weighted by atomic mass is 16.4. The lowest BCUT2D eigenvalue weighted by molar-refractivity contribution is 0.444. The van der Waals surface area contributed by atoms with Gasteiger partial charge in [0.2, 0.25) is 5.89 Å². The van der Waals surface area contributed by atoms with Crippen molar-refractivity contribution in [3.8, 4) is 0 Å². The van der Waals surface area contributed by atoms with Crippen LogP contribution in [0.15, 0.2) is 23.0 Å². The van der Waals surface area contributed by atoms with E-state index in [0.717, 1.165) is 37.0 Å². The molecule has 0 bridgehead atoms. The van der Waals surface area contributed by atoms with Crippen molar-refractivity contribution in [3.05, 3.63) is 36.1 Å². The van der Waals surface area contributed by atoms with E-state index in [2.05, 4.69) is 26.8 Å². The number of nitrogens with zero attached hydrogens (tertiary/aromatic N) is 3. The molecule has 0 radical (unpaired) electrons. The van der Waals surface area contributed by atoms with Gasteiger partial charge in [-0.3, -0.25) is 0 Å². The molecule has 1 N–H and O–H groups in total. The van der Waals surface area contributed by atoms with Gasteiger partial charge in [-0.2, -0.15) is 0 Å². The van der Waals surface area contributed by atoms with E-state index in [1.165, 1.54) is 0 Å². The van der Waals surface area contributed by atoms with E-state index in [1.807, 2.05) is 19.3 Å². The van der Waals surface area contributed by atoms with Crippen LogP contribution in [0.4, 0.5) is 0 Å². The summed E-state index contributed by atoms with van der Waals surface area (Å²) in [6.45, 7) is 6.42. The number of aromatic nitrogens is 3. The van der Waals surface area contributed by atoms with Gasteiger partial charge < -0.3 is 14.3 Å². The SMILES string of the molecule is CCCn1ccnc1CNCc1ncc(C)o1. The second-order valence-corrected chi connectivity index (χ2v) is 4.01. The van der Waals surface area contributed by atoms with Gasteiger partial charge in [-0.05, 0) is 13.3 Å². The zero-order valence-electron chi connectivity index (χ0n) is 10.3. The molecule has 2 rings (SSSR count). The maximum atomic E-state index is 5.38. The summed E-state index contributed by atoms with van der Waals surface area (Å²) >= 11 is 0. The third kappa shape index (κ3) is 3.17. The van der Waals surface area contributed by atoms with E-state index < -0.39 is 0 Å². The van der Waals surface area contributed by atoms with Crippen LogP contribution in [0.3, 0.4) is 0 Å². The first-order valence-electron chi connectivity index (χ1n) is 5.91. The Bertz CT molecular complexity index is 461. The van der Waals surface area contributed by atoms with Gasteiger partial charge in [-0.25, -0.2) is 9.97 Å². The third-order valence-electron chi connectivity index (χ3n) is 2.49. The minimum atomic E-state index is 0.632. The number of rotatable bonds is 6. The predicted octanol–water partition coefficient (Wildman–Crippen LogP) is 1.88. The highest BCUT2D eigenvalue weighted by Crippen LogP contribution is 2.02. The third-order valence-corrected chi connectivity index (χ3v) is 2.49. The smallest absolute Gasteiger partial charge is 0.208 e.